The maximum atomic E-state index is 13.3. The molecule has 2 aliphatic rings. The number of ether oxygens (including phenoxy) is 1. The number of morpholine rings is 1. The summed E-state index contributed by atoms with van der Waals surface area (Å²) in [5.41, 5.74) is -0.804. The lowest BCUT2D eigenvalue weighted by molar-refractivity contribution is -0.387. The number of hydrogen-bond donors (Lipinski definition) is 0. The number of fused-ring (bicyclic) bond motifs is 1. The average Bonchev–Trinajstić information content (AvgIpc) is 2.72. The smallest absolute Gasteiger partial charge is 0.332 e. The van der Waals surface area contributed by atoms with Gasteiger partial charge in [0.25, 0.3) is 5.91 Å². The first-order chi connectivity index (χ1) is 10.0. The molecule has 21 heavy (non-hydrogen) atoms. The predicted molar refractivity (Wildman–Crippen MR) is 67.2 cm³/mol. The molecule has 0 aliphatic carbocycles. The number of halogens is 1. The van der Waals surface area contributed by atoms with Gasteiger partial charge >= 0.3 is 11.7 Å². The number of nitro groups is 1. The molecule has 1 aromatic carbocycles. The fourth-order valence-corrected chi connectivity index (χ4v) is 2.43. The standard InChI is InChI=1S/C12H10FN3O5/c13-8-2-1-7(5-9(8)16(19)20)15-11(17)10-6-21-4-3-14(10)12(15)18/h1-2,5,10H,3-4,6H2. The summed E-state index contributed by atoms with van der Waals surface area (Å²) >= 11 is 0. The lowest BCUT2D eigenvalue weighted by atomic mass is 10.2. The van der Waals surface area contributed by atoms with Crippen LogP contribution in [-0.4, -0.2) is 47.6 Å². The van der Waals surface area contributed by atoms with Crippen LogP contribution in [0.1, 0.15) is 0 Å². The van der Waals surface area contributed by atoms with E-state index in [4.69, 9.17) is 4.74 Å². The SMILES string of the molecule is O=C1C2COCCN2C(=O)N1c1ccc(F)c([N+](=O)[O-])c1. The molecular weight excluding hydrogens is 285 g/mol. The van der Waals surface area contributed by atoms with E-state index < -0.39 is 34.4 Å². The van der Waals surface area contributed by atoms with Gasteiger partial charge in [-0.1, -0.05) is 0 Å². The van der Waals surface area contributed by atoms with Crippen molar-refractivity contribution in [2.45, 2.75) is 6.04 Å². The molecule has 3 amide bonds. The van der Waals surface area contributed by atoms with E-state index in [1.165, 1.54) is 4.90 Å². The highest BCUT2D eigenvalue weighted by Crippen LogP contribution is 2.30. The van der Waals surface area contributed by atoms with Crippen molar-refractivity contribution in [2.75, 3.05) is 24.7 Å². The number of urea groups is 1. The van der Waals surface area contributed by atoms with Crippen LogP contribution >= 0.6 is 0 Å². The number of rotatable bonds is 2. The first-order valence-electron chi connectivity index (χ1n) is 6.17. The Hall–Kier alpha value is -2.55. The Bertz CT molecular complexity index is 626. The largest absolute Gasteiger partial charge is 0.377 e. The molecule has 0 bridgehead atoms. The van der Waals surface area contributed by atoms with Gasteiger partial charge in [0.15, 0.2) is 0 Å². The lowest BCUT2D eigenvalue weighted by Crippen LogP contribution is -2.45. The zero-order valence-electron chi connectivity index (χ0n) is 10.7. The summed E-state index contributed by atoms with van der Waals surface area (Å²) in [6.45, 7) is 0.687. The molecule has 0 N–H and O–H groups in total. The van der Waals surface area contributed by atoms with Gasteiger partial charge in [0.1, 0.15) is 6.04 Å². The minimum absolute atomic E-state index is 0.0208. The summed E-state index contributed by atoms with van der Waals surface area (Å²) in [5, 5.41) is 10.7. The number of benzene rings is 1. The van der Waals surface area contributed by atoms with Crippen molar-refractivity contribution in [3.8, 4) is 0 Å². The molecule has 1 aromatic rings. The Labute approximate surface area is 117 Å². The van der Waals surface area contributed by atoms with Gasteiger partial charge in [-0.15, -0.1) is 0 Å². The number of nitrogens with zero attached hydrogens (tertiary/aromatic N) is 3. The molecule has 2 saturated heterocycles. The van der Waals surface area contributed by atoms with Gasteiger partial charge in [-0.25, -0.2) is 9.69 Å². The van der Waals surface area contributed by atoms with Crippen LogP contribution in [-0.2, 0) is 9.53 Å². The van der Waals surface area contributed by atoms with Crippen LogP contribution < -0.4 is 4.90 Å². The average molecular weight is 295 g/mol. The molecular formula is C12H10FN3O5. The van der Waals surface area contributed by atoms with Crippen LogP contribution in [0, 0.1) is 15.9 Å². The van der Waals surface area contributed by atoms with Crippen molar-refractivity contribution in [1.29, 1.82) is 0 Å². The zero-order valence-corrected chi connectivity index (χ0v) is 10.7. The molecule has 0 saturated carbocycles. The minimum atomic E-state index is -1.02. The van der Waals surface area contributed by atoms with E-state index in [0.717, 1.165) is 23.1 Å². The number of nitro benzene ring substituents is 1. The molecule has 2 heterocycles. The Morgan fingerprint density at radius 1 is 1.38 bits per heavy atom. The summed E-state index contributed by atoms with van der Waals surface area (Å²) < 4.78 is 18.5. The molecule has 0 aromatic heterocycles. The highest BCUT2D eigenvalue weighted by atomic mass is 19.1. The third kappa shape index (κ3) is 2.02. The lowest BCUT2D eigenvalue weighted by Gasteiger charge is -2.26. The summed E-state index contributed by atoms with van der Waals surface area (Å²) in [6, 6.07) is 1.61. The van der Waals surface area contributed by atoms with Crippen LogP contribution in [0.25, 0.3) is 0 Å². The Balaban J connectivity index is 2.00. The van der Waals surface area contributed by atoms with Gasteiger partial charge in [-0.3, -0.25) is 14.9 Å². The molecule has 1 atom stereocenters. The van der Waals surface area contributed by atoms with Gasteiger partial charge < -0.3 is 9.64 Å². The van der Waals surface area contributed by atoms with Crippen LogP contribution in [0.2, 0.25) is 0 Å². The first kappa shape index (κ1) is 13.4. The van der Waals surface area contributed by atoms with Crippen molar-refractivity contribution in [1.82, 2.24) is 4.90 Å². The Kier molecular flexibility index (Phi) is 3.05. The number of imide groups is 1. The van der Waals surface area contributed by atoms with Crippen LogP contribution in [0.5, 0.6) is 0 Å². The summed E-state index contributed by atoms with van der Waals surface area (Å²) in [4.78, 5) is 36.5. The summed E-state index contributed by atoms with van der Waals surface area (Å²) in [5.74, 6) is -1.55. The van der Waals surface area contributed by atoms with E-state index in [-0.39, 0.29) is 18.8 Å². The third-order valence-electron chi connectivity index (χ3n) is 3.46. The number of amides is 3. The van der Waals surface area contributed by atoms with E-state index in [2.05, 4.69) is 0 Å². The third-order valence-corrected chi connectivity index (χ3v) is 3.46. The van der Waals surface area contributed by atoms with Gasteiger partial charge in [0, 0.05) is 12.6 Å². The van der Waals surface area contributed by atoms with Gasteiger partial charge in [0.2, 0.25) is 5.82 Å². The van der Waals surface area contributed by atoms with Crippen LogP contribution in [0.15, 0.2) is 18.2 Å². The van der Waals surface area contributed by atoms with Crippen molar-refractivity contribution in [2.24, 2.45) is 0 Å². The number of anilines is 1. The molecule has 0 spiro atoms. The van der Waals surface area contributed by atoms with Crippen LogP contribution in [0.3, 0.4) is 0 Å². The van der Waals surface area contributed by atoms with Crippen LogP contribution in [0.4, 0.5) is 20.6 Å². The highest BCUT2D eigenvalue weighted by molar-refractivity contribution is 6.21. The topological polar surface area (TPSA) is 93.0 Å². The zero-order chi connectivity index (χ0) is 15.1. The monoisotopic (exact) mass is 295 g/mol. The maximum Gasteiger partial charge on any atom is 0.332 e. The molecule has 8 nitrogen and oxygen atoms in total. The van der Waals surface area contributed by atoms with Crippen molar-refractivity contribution >= 4 is 23.3 Å². The normalized spacial score (nSPS) is 21.7. The van der Waals surface area contributed by atoms with E-state index in [1.807, 2.05) is 0 Å². The second-order valence-electron chi connectivity index (χ2n) is 4.63. The van der Waals surface area contributed by atoms with E-state index >= 15 is 0 Å². The fraction of sp³-hybridized carbons (Fsp3) is 0.333. The summed E-state index contributed by atoms with van der Waals surface area (Å²) in [6.07, 6.45) is 0. The quantitative estimate of drug-likeness (QED) is 0.459. The van der Waals surface area contributed by atoms with Crippen molar-refractivity contribution < 1.29 is 23.6 Å². The minimum Gasteiger partial charge on any atom is -0.377 e. The number of hydrogen-bond acceptors (Lipinski definition) is 5. The number of carbonyl (C=O) groups is 2. The summed E-state index contributed by atoms with van der Waals surface area (Å²) in [7, 11) is 0. The Morgan fingerprint density at radius 3 is 2.81 bits per heavy atom. The molecule has 110 valence electrons. The molecule has 2 fully saturated rings. The van der Waals surface area contributed by atoms with E-state index in [0.29, 0.717) is 6.61 Å². The van der Waals surface area contributed by atoms with Gasteiger partial charge in [-0.05, 0) is 12.1 Å². The fourth-order valence-electron chi connectivity index (χ4n) is 2.43. The highest BCUT2D eigenvalue weighted by Gasteiger charge is 2.47. The molecule has 3 rings (SSSR count). The van der Waals surface area contributed by atoms with Gasteiger partial charge in [-0.2, -0.15) is 4.39 Å². The maximum absolute atomic E-state index is 13.3. The molecule has 9 heteroatoms. The molecule has 2 aliphatic heterocycles. The van der Waals surface area contributed by atoms with Crippen molar-refractivity contribution in [3.05, 3.63) is 34.1 Å². The Morgan fingerprint density at radius 2 is 2.14 bits per heavy atom. The second kappa shape index (κ2) is 4.77. The second-order valence-corrected chi connectivity index (χ2v) is 4.63. The van der Waals surface area contributed by atoms with Gasteiger partial charge in [0.05, 0.1) is 23.8 Å². The predicted octanol–water partition coefficient (Wildman–Crippen LogP) is 0.901. The van der Waals surface area contributed by atoms with E-state index in [1.54, 1.807) is 0 Å². The first-order valence-corrected chi connectivity index (χ1v) is 6.17. The van der Waals surface area contributed by atoms with E-state index in [9.17, 15) is 24.1 Å². The molecule has 1 unspecified atom stereocenters. The van der Waals surface area contributed by atoms with Crippen molar-refractivity contribution in [3.63, 3.8) is 0 Å². The molecule has 0 radical (unpaired) electrons. The number of carbonyl (C=O) groups excluding carboxylic acids is 2.